The fraction of sp³-hybridized carbons (Fsp3) is 0.0714. The van der Waals surface area contributed by atoms with Gasteiger partial charge < -0.3 is 10.1 Å². The number of rotatable bonds is 6. The molecule has 0 fully saturated rings. The van der Waals surface area contributed by atoms with Gasteiger partial charge in [0.25, 0.3) is 11.6 Å². The van der Waals surface area contributed by atoms with Gasteiger partial charge in [-0.25, -0.2) is 13.6 Å². The number of ether oxygens (including phenoxy) is 1. The first-order valence-corrected chi connectivity index (χ1v) is 8.10. The predicted octanol–water partition coefficient (Wildman–Crippen LogP) is 1.26. The quantitative estimate of drug-likeness (QED) is 0.592. The minimum absolute atomic E-state index is 0.0670. The van der Waals surface area contributed by atoms with Gasteiger partial charge in [0.2, 0.25) is 10.0 Å². The molecule has 2 aromatic rings. The topological polar surface area (TPSA) is 142 Å². The summed E-state index contributed by atoms with van der Waals surface area (Å²) in [5, 5.41) is 18.0. The number of primary sulfonamides is 1. The second-order valence-electron chi connectivity index (χ2n) is 4.66. The Morgan fingerprint density at radius 2 is 1.71 bits per heavy atom. The van der Waals surface area contributed by atoms with E-state index in [0.717, 1.165) is 0 Å². The van der Waals surface area contributed by atoms with Crippen LogP contribution in [0.15, 0.2) is 53.4 Å². The average Bonchev–Trinajstić information content (AvgIpc) is 2.53. The van der Waals surface area contributed by atoms with Gasteiger partial charge in [0, 0.05) is 17.8 Å². The zero-order valence-electron chi connectivity index (χ0n) is 12.2. The Morgan fingerprint density at radius 1 is 1.12 bits per heavy atom. The summed E-state index contributed by atoms with van der Waals surface area (Å²) < 4.78 is 27.4. The second kappa shape index (κ2) is 7.06. The maximum atomic E-state index is 11.8. The van der Waals surface area contributed by atoms with E-state index in [4.69, 9.17) is 9.88 Å². The Balaban J connectivity index is 1.90. The summed E-state index contributed by atoms with van der Waals surface area (Å²) >= 11 is 0. The molecule has 0 atom stereocenters. The second-order valence-corrected chi connectivity index (χ2v) is 6.22. The van der Waals surface area contributed by atoms with E-state index < -0.39 is 20.9 Å². The van der Waals surface area contributed by atoms with Gasteiger partial charge in [0.15, 0.2) is 6.61 Å². The van der Waals surface area contributed by atoms with E-state index in [-0.39, 0.29) is 17.2 Å². The molecule has 0 aliphatic rings. The molecule has 0 saturated carbocycles. The van der Waals surface area contributed by atoms with E-state index in [1.807, 2.05) is 0 Å². The number of anilines is 1. The van der Waals surface area contributed by atoms with Crippen LogP contribution in [0.25, 0.3) is 0 Å². The van der Waals surface area contributed by atoms with Crippen LogP contribution in [0, 0.1) is 10.1 Å². The van der Waals surface area contributed by atoms with Crippen LogP contribution < -0.4 is 15.2 Å². The summed E-state index contributed by atoms with van der Waals surface area (Å²) in [7, 11) is -3.79. The highest BCUT2D eigenvalue weighted by Crippen LogP contribution is 2.17. The number of hydrogen-bond donors (Lipinski definition) is 2. The van der Waals surface area contributed by atoms with Crippen molar-refractivity contribution in [1.82, 2.24) is 0 Å². The molecule has 0 radical (unpaired) electrons. The molecule has 3 N–H and O–H groups in total. The number of carbonyl (C=O) groups excluding carboxylic acids is 1. The summed E-state index contributed by atoms with van der Waals surface area (Å²) in [5.74, 6) is -0.169. The molecule has 0 aliphatic heterocycles. The van der Waals surface area contributed by atoms with Gasteiger partial charge in [-0.3, -0.25) is 14.9 Å². The average molecular weight is 351 g/mol. The van der Waals surface area contributed by atoms with Crippen molar-refractivity contribution < 1.29 is 22.9 Å². The highest BCUT2D eigenvalue weighted by Gasteiger charge is 2.09. The van der Waals surface area contributed by atoms with Crippen molar-refractivity contribution in [3.63, 3.8) is 0 Å². The molecule has 1 amide bonds. The van der Waals surface area contributed by atoms with Crippen molar-refractivity contribution in [2.75, 3.05) is 11.9 Å². The van der Waals surface area contributed by atoms with E-state index in [2.05, 4.69) is 5.32 Å². The molecule has 2 rings (SSSR count). The fourth-order valence-electron chi connectivity index (χ4n) is 1.74. The summed E-state index contributed by atoms with van der Waals surface area (Å²) in [6.45, 7) is -0.311. The van der Waals surface area contributed by atoms with Gasteiger partial charge in [-0.2, -0.15) is 0 Å². The lowest BCUT2D eigenvalue weighted by atomic mass is 10.3. The van der Waals surface area contributed by atoms with Crippen molar-refractivity contribution in [3.8, 4) is 5.75 Å². The summed E-state index contributed by atoms with van der Waals surface area (Å²) in [5.41, 5.74) is 0.293. The minimum atomic E-state index is -3.79. The lowest BCUT2D eigenvalue weighted by molar-refractivity contribution is -0.384. The number of nitro benzene ring substituents is 1. The Morgan fingerprint density at radius 3 is 2.21 bits per heavy atom. The molecule has 0 unspecified atom stereocenters. The maximum Gasteiger partial charge on any atom is 0.269 e. The standard InChI is InChI=1S/C14H13N3O6S/c15-24(21,22)13-7-1-10(2-8-13)16-14(18)9-23-12-5-3-11(4-6-12)17(19)20/h1-8H,9H2,(H,16,18)(H2,15,21,22). The SMILES string of the molecule is NS(=O)(=O)c1ccc(NC(=O)COc2ccc([N+](=O)[O-])cc2)cc1. The van der Waals surface area contributed by atoms with Gasteiger partial charge in [-0.1, -0.05) is 0 Å². The van der Waals surface area contributed by atoms with E-state index in [1.54, 1.807) is 0 Å². The van der Waals surface area contributed by atoms with Crippen LogP contribution in [0.5, 0.6) is 5.75 Å². The zero-order chi connectivity index (χ0) is 17.7. The van der Waals surface area contributed by atoms with Crippen molar-refractivity contribution in [3.05, 3.63) is 58.6 Å². The number of benzene rings is 2. The zero-order valence-corrected chi connectivity index (χ0v) is 13.0. The number of nitrogens with one attached hydrogen (secondary N) is 1. The molecule has 0 heterocycles. The molecule has 0 aliphatic carbocycles. The van der Waals surface area contributed by atoms with Gasteiger partial charge in [-0.05, 0) is 36.4 Å². The molecule has 10 heteroatoms. The Kier molecular flexibility index (Phi) is 5.11. The number of nitro groups is 1. The van der Waals surface area contributed by atoms with E-state index in [1.165, 1.54) is 48.5 Å². The molecule has 0 saturated heterocycles. The molecule has 24 heavy (non-hydrogen) atoms. The van der Waals surface area contributed by atoms with Crippen LogP contribution in [0.1, 0.15) is 0 Å². The Bertz CT molecular complexity index is 847. The molecule has 0 aromatic heterocycles. The molecule has 0 bridgehead atoms. The first kappa shape index (κ1) is 17.4. The van der Waals surface area contributed by atoms with Gasteiger partial charge in [0.1, 0.15) is 5.75 Å². The van der Waals surface area contributed by atoms with Gasteiger partial charge in [0.05, 0.1) is 9.82 Å². The third-order valence-electron chi connectivity index (χ3n) is 2.88. The molecular weight excluding hydrogens is 338 g/mol. The van der Waals surface area contributed by atoms with Crippen LogP contribution in [0.3, 0.4) is 0 Å². The van der Waals surface area contributed by atoms with E-state index >= 15 is 0 Å². The third-order valence-corrected chi connectivity index (χ3v) is 3.81. The largest absolute Gasteiger partial charge is 0.484 e. The number of nitrogens with two attached hydrogens (primary N) is 1. The smallest absolute Gasteiger partial charge is 0.269 e. The first-order chi connectivity index (χ1) is 11.3. The van der Waals surface area contributed by atoms with Gasteiger partial charge in [-0.15, -0.1) is 0 Å². The van der Waals surface area contributed by atoms with Crippen LogP contribution in [0.4, 0.5) is 11.4 Å². The normalized spacial score (nSPS) is 10.9. The third kappa shape index (κ3) is 4.76. The van der Waals surface area contributed by atoms with Crippen LogP contribution in [-0.2, 0) is 14.8 Å². The summed E-state index contributed by atoms with van der Waals surface area (Å²) in [6.07, 6.45) is 0. The van der Waals surface area contributed by atoms with Crippen LogP contribution in [0.2, 0.25) is 0 Å². The number of hydrogen-bond acceptors (Lipinski definition) is 6. The fourth-order valence-corrected chi connectivity index (χ4v) is 2.25. The van der Waals surface area contributed by atoms with E-state index in [9.17, 15) is 23.3 Å². The minimum Gasteiger partial charge on any atom is -0.484 e. The van der Waals surface area contributed by atoms with Crippen LogP contribution >= 0.6 is 0 Å². The highest BCUT2D eigenvalue weighted by molar-refractivity contribution is 7.89. The number of sulfonamides is 1. The van der Waals surface area contributed by atoms with Crippen molar-refractivity contribution in [2.45, 2.75) is 4.90 Å². The summed E-state index contributed by atoms with van der Waals surface area (Å²) in [6, 6.07) is 10.6. The molecule has 126 valence electrons. The highest BCUT2D eigenvalue weighted by atomic mass is 32.2. The Hall–Kier alpha value is -2.98. The predicted molar refractivity (Wildman–Crippen MR) is 85.0 cm³/mol. The molecule has 9 nitrogen and oxygen atoms in total. The van der Waals surface area contributed by atoms with Crippen molar-refractivity contribution in [1.29, 1.82) is 0 Å². The van der Waals surface area contributed by atoms with Crippen LogP contribution in [-0.4, -0.2) is 25.9 Å². The molecule has 2 aromatic carbocycles. The number of amides is 1. The maximum absolute atomic E-state index is 11.8. The number of nitrogens with zero attached hydrogens (tertiary/aromatic N) is 1. The lowest BCUT2D eigenvalue weighted by Crippen LogP contribution is -2.20. The molecular formula is C14H13N3O6S. The monoisotopic (exact) mass is 351 g/mol. The van der Waals surface area contributed by atoms with Crippen molar-refractivity contribution >= 4 is 27.3 Å². The summed E-state index contributed by atoms with van der Waals surface area (Å²) in [4.78, 5) is 21.7. The van der Waals surface area contributed by atoms with Crippen molar-refractivity contribution in [2.24, 2.45) is 5.14 Å². The number of carbonyl (C=O) groups is 1. The van der Waals surface area contributed by atoms with Gasteiger partial charge >= 0.3 is 0 Å². The first-order valence-electron chi connectivity index (χ1n) is 6.56. The molecule has 0 spiro atoms. The number of non-ortho nitro benzene ring substituents is 1. The van der Waals surface area contributed by atoms with E-state index in [0.29, 0.717) is 11.4 Å². The lowest BCUT2D eigenvalue weighted by Gasteiger charge is -2.08. The Labute approximate surface area is 137 Å².